The van der Waals surface area contributed by atoms with Crippen LogP contribution < -0.4 is 0 Å². The molecule has 0 aliphatic carbocycles. The Morgan fingerprint density at radius 1 is 1.23 bits per heavy atom. The highest BCUT2D eigenvalue weighted by Crippen LogP contribution is 2.10. The predicted octanol–water partition coefficient (Wildman–Crippen LogP) is 4.64. The normalized spacial score (nSPS) is 11.5. The number of nitro groups is 1. The highest BCUT2D eigenvalue weighted by atomic mass is 16.6. The van der Waals surface area contributed by atoms with Crippen LogP contribution >= 0.6 is 0 Å². The van der Waals surface area contributed by atoms with Gasteiger partial charge in [-0.3, -0.25) is 10.1 Å². The van der Waals surface area contributed by atoms with Gasteiger partial charge in [-0.05, 0) is 57.4 Å². The Morgan fingerprint density at radius 3 is 2.50 bits per heavy atom. The number of nitrogens with zero attached hydrogens (tertiary/aromatic N) is 2. The Labute approximate surface area is 131 Å². The number of hydrogen-bond donors (Lipinski definition) is 0. The summed E-state index contributed by atoms with van der Waals surface area (Å²) >= 11 is 0. The Balaban J connectivity index is 2.34. The SMILES string of the molecule is CC(C)=CCC/C(C)=C/CO/N=C/c1ccc([N+](=O)[O-])cc1. The Bertz CT molecular complexity index is 568. The topological polar surface area (TPSA) is 64.7 Å². The van der Waals surface area contributed by atoms with Crippen molar-refractivity contribution in [2.45, 2.75) is 33.6 Å². The van der Waals surface area contributed by atoms with Gasteiger partial charge in [0.25, 0.3) is 5.69 Å². The molecule has 0 aliphatic heterocycles. The van der Waals surface area contributed by atoms with Gasteiger partial charge in [0.05, 0.1) is 11.1 Å². The van der Waals surface area contributed by atoms with E-state index in [0.29, 0.717) is 6.61 Å². The molecule has 0 N–H and O–H groups in total. The maximum absolute atomic E-state index is 10.5. The molecule has 1 aromatic rings. The van der Waals surface area contributed by atoms with E-state index in [0.717, 1.165) is 18.4 Å². The fourth-order valence-corrected chi connectivity index (χ4v) is 1.69. The molecule has 5 nitrogen and oxygen atoms in total. The van der Waals surface area contributed by atoms with Crippen molar-refractivity contribution >= 4 is 11.9 Å². The van der Waals surface area contributed by atoms with Crippen molar-refractivity contribution in [3.63, 3.8) is 0 Å². The summed E-state index contributed by atoms with van der Waals surface area (Å²) in [5.41, 5.74) is 3.42. The van der Waals surface area contributed by atoms with Gasteiger partial charge in [0.15, 0.2) is 0 Å². The maximum atomic E-state index is 10.5. The van der Waals surface area contributed by atoms with E-state index >= 15 is 0 Å². The average molecular weight is 302 g/mol. The van der Waals surface area contributed by atoms with E-state index in [1.807, 2.05) is 6.08 Å². The molecule has 5 heteroatoms. The molecule has 0 amide bonds. The summed E-state index contributed by atoms with van der Waals surface area (Å²) in [5.74, 6) is 0. The van der Waals surface area contributed by atoms with Gasteiger partial charge in [0.1, 0.15) is 6.61 Å². The maximum Gasteiger partial charge on any atom is 0.269 e. The van der Waals surface area contributed by atoms with Crippen LogP contribution in [-0.4, -0.2) is 17.7 Å². The van der Waals surface area contributed by atoms with Gasteiger partial charge in [-0.1, -0.05) is 22.4 Å². The fraction of sp³-hybridized carbons (Fsp3) is 0.353. The number of oxime groups is 1. The molecule has 1 rings (SSSR count). The van der Waals surface area contributed by atoms with Gasteiger partial charge in [-0.15, -0.1) is 0 Å². The second kappa shape index (κ2) is 9.50. The number of rotatable bonds is 8. The van der Waals surface area contributed by atoms with Crippen LogP contribution in [0.1, 0.15) is 39.2 Å². The van der Waals surface area contributed by atoms with Crippen molar-refractivity contribution in [2.24, 2.45) is 5.16 Å². The zero-order chi connectivity index (χ0) is 16.4. The quantitative estimate of drug-likeness (QED) is 0.231. The Hall–Kier alpha value is -2.43. The standard InChI is InChI=1S/C17H22N2O3/c1-14(2)5-4-6-15(3)11-12-22-18-13-16-7-9-17(10-8-16)19(20)21/h5,7-11,13H,4,6,12H2,1-3H3/b15-11+,18-13+. The summed E-state index contributed by atoms with van der Waals surface area (Å²) in [4.78, 5) is 15.3. The highest BCUT2D eigenvalue weighted by molar-refractivity contribution is 5.79. The molecule has 0 heterocycles. The van der Waals surface area contributed by atoms with Crippen LogP contribution in [0, 0.1) is 10.1 Å². The van der Waals surface area contributed by atoms with Crippen LogP contribution in [-0.2, 0) is 4.84 Å². The van der Waals surface area contributed by atoms with Crippen molar-refractivity contribution in [1.82, 2.24) is 0 Å². The summed E-state index contributed by atoms with van der Waals surface area (Å²) in [5, 5.41) is 14.4. The van der Waals surface area contributed by atoms with Crippen LogP contribution in [0.2, 0.25) is 0 Å². The molecule has 0 aromatic heterocycles. The Morgan fingerprint density at radius 2 is 1.91 bits per heavy atom. The number of benzene rings is 1. The second-order valence-electron chi connectivity index (χ2n) is 5.25. The molecule has 0 atom stereocenters. The lowest BCUT2D eigenvalue weighted by Crippen LogP contribution is -1.90. The molecule has 0 saturated heterocycles. The molecule has 0 bridgehead atoms. The third-order valence-electron chi connectivity index (χ3n) is 2.98. The number of allylic oxidation sites excluding steroid dienone is 3. The first kappa shape index (κ1) is 17.6. The first-order chi connectivity index (χ1) is 10.5. The van der Waals surface area contributed by atoms with Crippen molar-refractivity contribution < 1.29 is 9.76 Å². The van der Waals surface area contributed by atoms with E-state index in [2.05, 4.69) is 32.0 Å². The van der Waals surface area contributed by atoms with Gasteiger partial charge in [0.2, 0.25) is 0 Å². The summed E-state index contributed by atoms with van der Waals surface area (Å²) < 4.78 is 0. The van der Waals surface area contributed by atoms with Crippen molar-refractivity contribution in [2.75, 3.05) is 6.61 Å². The van der Waals surface area contributed by atoms with E-state index in [-0.39, 0.29) is 5.69 Å². The van der Waals surface area contributed by atoms with E-state index in [1.54, 1.807) is 12.1 Å². The zero-order valence-electron chi connectivity index (χ0n) is 13.3. The van der Waals surface area contributed by atoms with Gasteiger partial charge in [-0.25, -0.2) is 0 Å². The van der Waals surface area contributed by atoms with Gasteiger partial charge < -0.3 is 4.84 Å². The van der Waals surface area contributed by atoms with Gasteiger partial charge >= 0.3 is 0 Å². The van der Waals surface area contributed by atoms with E-state index < -0.39 is 4.92 Å². The third-order valence-corrected chi connectivity index (χ3v) is 2.98. The van der Waals surface area contributed by atoms with Gasteiger partial charge in [0, 0.05) is 12.1 Å². The predicted molar refractivity (Wildman–Crippen MR) is 89.1 cm³/mol. The minimum atomic E-state index is -0.430. The smallest absolute Gasteiger partial charge is 0.269 e. The Kier molecular flexibility index (Phi) is 7.61. The second-order valence-corrected chi connectivity index (χ2v) is 5.25. The molecule has 0 radical (unpaired) electrons. The third kappa shape index (κ3) is 7.38. The fourth-order valence-electron chi connectivity index (χ4n) is 1.69. The van der Waals surface area contributed by atoms with E-state index in [1.165, 1.54) is 29.5 Å². The molecular formula is C17H22N2O3. The first-order valence-electron chi connectivity index (χ1n) is 7.18. The molecule has 118 valence electrons. The minimum absolute atomic E-state index is 0.0630. The molecule has 0 fully saturated rings. The van der Waals surface area contributed by atoms with Crippen molar-refractivity contribution in [1.29, 1.82) is 0 Å². The van der Waals surface area contributed by atoms with Crippen molar-refractivity contribution in [3.05, 3.63) is 63.2 Å². The van der Waals surface area contributed by atoms with E-state index in [9.17, 15) is 10.1 Å². The summed E-state index contributed by atoms with van der Waals surface area (Å²) in [7, 11) is 0. The molecular weight excluding hydrogens is 280 g/mol. The summed E-state index contributed by atoms with van der Waals surface area (Å²) in [6.07, 6.45) is 7.81. The zero-order valence-corrected chi connectivity index (χ0v) is 13.3. The van der Waals surface area contributed by atoms with Crippen LogP contribution in [0.3, 0.4) is 0 Å². The lowest BCUT2D eigenvalue weighted by molar-refractivity contribution is -0.384. The monoisotopic (exact) mass is 302 g/mol. The molecule has 0 aliphatic rings. The van der Waals surface area contributed by atoms with E-state index in [4.69, 9.17) is 4.84 Å². The first-order valence-corrected chi connectivity index (χ1v) is 7.18. The minimum Gasteiger partial charge on any atom is -0.392 e. The number of hydrogen-bond acceptors (Lipinski definition) is 4. The summed E-state index contributed by atoms with van der Waals surface area (Å²) in [6.45, 7) is 6.68. The van der Waals surface area contributed by atoms with Crippen molar-refractivity contribution in [3.8, 4) is 0 Å². The average Bonchev–Trinajstić information content (AvgIpc) is 2.47. The molecule has 0 saturated carbocycles. The van der Waals surface area contributed by atoms with Crippen LogP contribution in [0.25, 0.3) is 0 Å². The number of non-ortho nitro benzene ring substituents is 1. The lowest BCUT2D eigenvalue weighted by Gasteiger charge is -1.99. The molecule has 0 spiro atoms. The molecule has 0 unspecified atom stereocenters. The lowest BCUT2D eigenvalue weighted by atomic mass is 10.1. The molecule has 22 heavy (non-hydrogen) atoms. The number of nitro benzene ring substituents is 1. The van der Waals surface area contributed by atoms with Crippen LogP contribution in [0.15, 0.2) is 52.7 Å². The van der Waals surface area contributed by atoms with Crippen LogP contribution in [0.4, 0.5) is 5.69 Å². The van der Waals surface area contributed by atoms with Gasteiger partial charge in [-0.2, -0.15) is 0 Å². The highest BCUT2D eigenvalue weighted by Gasteiger charge is 2.02. The molecule has 1 aromatic carbocycles. The van der Waals surface area contributed by atoms with Crippen LogP contribution in [0.5, 0.6) is 0 Å². The summed E-state index contributed by atoms with van der Waals surface area (Å²) in [6, 6.07) is 6.14. The largest absolute Gasteiger partial charge is 0.392 e.